The minimum Gasteiger partial charge on any atom is -0.336 e. The number of hydrogen-bond acceptors (Lipinski definition) is 3. The molecule has 0 aromatic heterocycles. The van der Waals surface area contributed by atoms with Crippen LogP contribution in [0.4, 0.5) is 0 Å². The molecule has 1 heterocycles. The third-order valence-corrected chi connectivity index (χ3v) is 2.05. The summed E-state index contributed by atoms with van der Waals surface area (Å²) in [6.45, 7) is 3.87. The normalized spacial score (nSPS) is 14.1. The zero-order valence-electron chi connectivity index (χ0n) is 7.27. The van der Waals surface area contributed by atoms with Gasteiger partial charge in [-0.1, -0.05) is 24.8 Å². The zero-order valence-corrected chi connectivity index (χ0v) is 7.27. The summed E-state index contributed by atoms with van der Waals surface area (Å²) >= 11 is 0. The summed E-state index contributed by atoms with van der Waals surface area (Å²) in [6.07, 6.45) is 0. The van der Waals surface area contributed by atoms with E-state index in [1.54, 1.807) is 24.3 Å². The summed E-state index contributed by atoms with van der Waals surface area (Å²) in [7, 11) is 0. The van der Waals surface area contributed by atoms with Crippen LogP contribution < -0.4 is 0 Å². The lowest BCUT2D eigenvalue weighted by atomic mass is 10.1. The molecule has 1 aliphatic heterocycles. The van der Waals surface area contributed by atoms with E-state index in [2.05, 4.69) is 11.4 Å². The molecule has 2 rings (SSSR count). The van der Waals surface area contributed by atoms with Crippen molar-refractivity contribution < 1.29 is 14.4 Å². The average molecular weight is 189 g/mol. The summed E-state index contributed by atoms with van der Waals surface area (Å²) in [5.41, 5.74) is 1.58. The van der Waals surface area contributed by atoms with E-state index < -0.39 is 0 Å². The minimum absolute atomic E-state index is 0.203. The van der Waals surface area contributed by atoms with E-state index in [1.165, 1.54) is 0 Å². The fourth-order valence-corrected chi connectivity index (χ4v) is 1.42. The van der Waals surface area contributed by atoms with Crippen LogP contribution in [-0.2, 0) is 9.63 Å². The Kier molecular flexibility index (Phi) is 1.81. The Morgan fingerprint density at radius 3 is 2.50 bits per heavy atom. The van der Waals surface area contributed by atoms with Crippen molar-refractivity contribution >= 4 is 18.1 Å². The van der Waals surface area contributed by atoms with Crippen LogP contribution >= 0.6 is 0 Å². The van der Waals surface area contributed by atoms with Crippen molar-refractivity contribution in [1.29, 1.82) is 0 Å². The Labute approximate surface area is 80.3 Å². The smallest absolute Gasteiger partial charge is 0.321 e. The van der Waals surface area contributed by atoms with Gasteiger partial charge in [-0.25, -0.2) is 0 Å². The van der Waals surface area contributed by atoms with Crippen LogP contribution in [0.25, 0.3) is 5.70 Å². The second-order valence-electron chi connectivity index (χ2n) is 2.79. The lowest BCUT2D eigenvalue weighted by Gasteiger charge is -2.11. The molecule has 0 saturated carbocycles. The molecule has 0 bridgehead atoms. The number of hydrogen-bond donors (Lipinski definition) is 0. The summed E-state index contributed by atoms with van der Waals surface area (Å²) in [5, 5.41) is 0.887. The van der Waals surface area contributed by atoms with Crippen LogP contribution in [0.2, 0.25) is 0 Å². The standard InChI is InChI=1S/C10H7NO3/c1-7-8-4-2-3-5-9(8)10(13)11(7)14-6-12/h2-6H,1H2. The second kappa shape index (κ2) is 2.99. The molecule has 0 N–H and O–H groups in total. The van der Waals surface area contributed by atoms with Gasteiger partial charge in [0.2, 0.25) is 0 Å². The maximum Gasteiger partial charge on any atom is 0.321 e. The number of carbonyl (C=O) groups excluding carboxylic acids is 2. The van der Waals surface area contributed by atoms with Crippen molar-refractivity contribution in [1.82, 2.24) is 5.06 Å². The molecule has 4 heteroatoms. The molecule has 1 amide bonds. The lowest BCUT2D eigenvalue weighted by molar-refractivity contribution is -0.149. The van der Waals surface area contributed by atoms with Gasteiger partial charge in [-0.2, -0.15) is 0 Å². The van der Waals surface area contributed by atoms with Crippen LogP contribution in [0.15, 0.2) is 30.8 Å². The Hall–Kier alpha value is -2.10. The summed E-state index contributed by atoms with van der Waals surface area (Å²) in [4.78, 5) is 26.2. The molecule has 0 radical (unpaired) electrons. The molecule has 0 aliphatic carbocycles. The molecular weight excluding hydrogens is 182 g/mol. The molecule has 0 unspecified atom stereocenters. The Morgan fingerprint density at radius 2 is 1.93 bits per heavy atom. The molecule has 1 aromatic rings. The quantitative estimate of drug-likeness (QED) is 0.657. The second-order valence-corrected chi connectivity index (χ2v) is 2.79. The van der Waals surface area contributed by atoms with Crippen molar-refractivity contribution in [3.05, 3.63) is 42.0 Å². The molecule has 70 valence electrons. The van der Waals surface area contributed by atoms with Crippen molar-refractivity contribution in [3.8, 4) is 0 Å². The molecule has 0 spiro atoms. The first-order valence-electron chi connectivity index (χ1n) is 3.99. The summed E-state index contributed by atoms with van der Waals surface area (Å²) in [6, 6.07) is 6.96. The molecule has 1 aromatic carbocycles. The molecule has 0 saturated heterocycles. The van der Waals surface area contributed by atoms with Crippen molar-refractivity contribution in [2.75, 3.05) is 0 Å². The van der Waals surface area contributed by atoms with E-state index in [9.17, 15) is 9.59 Å². The van der Waals surface area contributed by atoms with E-state index in [-0.39, 0.29) is 12.4 Å². The molecular formula is C10H7NO3. The highest BCUT2D eigenvalue weighted by molar-refractivity contribution is 6.08. The molecule has 0 fully saturated rings. The van der Waals surface area contributed by atoms with E-state index in [1.807, 2.05) is 0 Å². The van der Waals surface area contributed by atoms with Crippen LogP contribution in [0.5, 0.6) is 0 Å². The van der Waals surface area contributed by atoms with Gasteiger partial charge in [0.25, 0.3) is 5.91 Å². The van der Waals surface area contributed by atoms with Crippen molar-refractivity contribution in [3.63, 3.8) is 0 Å². The van der Waals surface area contributed by atoms with Gasteiger partial charge in [-0.15, -0.1) is 5.06 Å². The van der Waals surface area contributed by atoms with Crippen molar-refractivity contribution in [2.24, 2.45) is 0 Å². The predicted octanol–water partition coefficient (Wildman–Crippen LogP) is 1.20. The minimum atomic E-state index is -0.363. The van der Waals surface area contributed by atoms with E-state index in [0.717, 1.165) is 5.06 Å². The number of carbonyl (C=O) groups is 2. The van der Waals surface area contributed by atoms with Gasteiger partial charge >= 0.3 is 6.47 Å². The van der Waals surface area contributed by atoms with Gasteiger partial charge in [0, 0.05) is 5.56 Å². The highest BCUT2D eigenvalue weighted by Crippen LogP contribution is 2.30. The molecule has 0 atom stereocenters. The fourth-order valence-electron chi connectivity index (χ4n) is 1.42. The van der Waals surface area contributed by atoms with Gasteiger partial charge in [0.15, 0.2) is 0 Å². The SMILES string of the molecule is C=C1c2ccccc2C(=O)N1OC=O. The van der Waals surface area contributed by atoms with Gasteiger partial charge < -0.3 is 4.84 Å². The third kappa shape index (κ3) is 1.01. The summed E-state index contributed by atoms with van der Waals surface area (Å²) in [5.74, 6) is -0.363. The highest BCUT2D eigenvalue weighted by atomic mass is 16.7. The van der Waals surface area contributed by atoms with Crippen LogP contribution in [0.1, 0.15) is 15.9 Å². The lowest BCUT2D eigenvalue weighted by Crippen LogP contribution is -2.22. The van der Waals surface area contributed by atoms with Gasteiger partial charge in [0.1, 0.15) is 0 Å². The zero-order chi connectivity index (χ0) is 10.1. The number of fused-ring (bicyclic) bond motifs is 1. The fraction of sp³-hybridized carbons (Fsp3) is 0. The Morgan fingerprint density at radius 1 is 1.29 bits per heavy atom. The van der Waals surface area contributed by atoms with Crippen molar-refractivity contribution in [2.45, 2.75) is 0 Å². The maximum atomic E-state index is 11.6. The number of nitrogens with zero attached hydrogens (tertiary/aromatic N) is 1. The molecule has 1 aliphatic rings. The van der Waals surface area contributed by atoms with Gasteiger partial charge in [-0.05, 0) is 6.07 Å². The monoisotopic (exact) mass is 189 g/mol. The topological polar surface area (TPSA) is 46.6 Å². The highest BCUT2D eigenvalue weighted by Gasteiger charge is 2.32. The summed E-state index contributed by atoms with van der Waals surface area (Å²) < 4.78 is 0. The Bertz CT molecular complexity index is 390. The van der Waals surface area contributed by atoms with E-state index in [0.29, 0.717) is 16.8 Å². The van der Waals surface area contributed by atoms with Gasteiger partial charge in [0.05, 0.1) is 11.3 Å². The van der Waals surface area contributed by atoms with E-state index in [4.69, 9.17) is 0 Å². The van der Waals surface area contributed by atoms with Crippen LogP contribution in [0.3, 0.4) is 0 Å². The number of benzene rings is 1. The number of hydroxylamine groups is 2. The first-order chi connectivity index (χ1) is 6.75. The first kappa shape index (κ1) is 8.50. The van der Waals surface area contributed by atoms with E-state index >= 15 is 0 Å². The molecule has 4 nitrogen and oxygen atoms in total. The first-order valence-corrected chi connectivity index (χ1v) is 3.99. The largest absolute Gasteiger partial charge is 0.336 e. The predicted molar refractivity (Wildman–Crippen MR) is 48.8 cm³/mol. The Balaban J connectivity index is 2.48. The number of rotatable bonds is 2. The third-order valence-electron chi connectivity index (χ3n) is 2.05. The van der Waals surface area contributed by atoms with Crippen LogP contribution in [0, 0.1) is 0 Å². The van der Waals surface area contributed by atoms with Gasteiger partial charge in [-0.3, -0.25) is 9.59 Å². The average Bonchev–Trinajstić information content (AvgIpc) is 2.45. The molecule has 14 heavy (non-hydrogen) atoms. The number of amides is 1. The maximum absolute atomic E-state index is 11.6. The van der Waals surface area contributed by atoms with Crippen LogP contribution in [-0.4, -0.2) is 17.4 Å².